The zero-order valence-electron chi connectivity index (χ0n) is 17.3. The molecule has 5 nitrogen and oxygen atoms in total. The molecule has 0 aliphatic heterocycles. The number of rotatable bonds is 5. The van der Waals surface area contributed by atoms with Gasteiger partial charge in [-0.3, -0.25) is 0 Å². The highest BCUT2D eigenvalue weighted by Gasteiger charge is 2.23. The Hall–Kier alpha value is -3.54. The Balaban J connectivity index is 1.53. The second kappa shape index (κ2) is 7.71. The molecule has 0 aliphatic carbocycles. The van der Waals surface area contributed by atoms with Crippen LogP contribution < -0.4 is 4.74 Å². The van der Waals surface area contributed by atoms with Gasteiger partial charge in [-0.2, -0.15) is 4.98 Å². The monoisotopic (exact) mass is 403 g/mol. The summed E-state index contributed by atoms with van der Waals surface area (Å²) in [5, 5.41) is 3.70. The van der Waals surface area contributed by atoms with Gasteiger partial charge in [-0.25, -0.2) is 9.37 Å². The summed E-state index contributed by atoms with van der Waals surface area (Å²) in [6, 6.07) is 17.4. The molecule has 152 valence electrons. The van der Waals surface area contributed by atoms with Gasteiger partial charge in [-0.05, 0) is 43.2 Å². The number of hydrogen-bond acceptors (Lipinski definition) is 5. The molecule has 0 atom stereocenters. The molecule has 4 aromatic rings. The second-order valence-corrected chi connectivity index (χ2v) is 7.78. The van der Waals surface area contributed by atoms with Crippen LogP contribution in [0.5, 0.6) is 11.6 Å². The van der Waals surface area contributed by atoms with Crippen molar-refractivity contribution in [2.24, 2.45) is 0 Å². The van der Waals surface area contributed by atoms with Crippen LogP contribution in [0.15, 0.2) is 65.3 Å². The summed E-state index contributed by atoms with van der Waals surface area (Å²) in [4.78, 5) is 8.13. The van der Waals surface area contributed by atoms with E-state index in [4.69, 9.17) is 9.26 Å². The van der Waals surface area contributed by atoms with Gasteiger partial charge >= 0.3 is 0 Å². The SMILES string of the molecule is Cc1ccc(C(C)(C)c2ccc(Oc3ncc(-c4nc(C)no4)cc3F)cc2)cc1. The van der Waals surface area contributed by atoms with Gasteiger partial charge in [0.15, 0.2) is 11.6 Å². The molecule has 2 aromatic heterocycles. The first-order valence-corrected chi connectivity index (χ1v) is 9.65. The Labute approximate surface area is 174 Å². The Bertz CT molecular complexity index is 1170. The molecule has 0 saturated carbocycles. The molecular formula is C24H22FN3O2. The van der Waals surface area contributed by atoms with E-state index in [0.717, 1.165) is 5.56 Å². The first kappa shape index (κ1) is 19.8. The van der Waals surface area contributed by atoms with Crippen molar-refractivity contribution in [1.82, 2.24) is 15.1 Å². The number of ether oxygens (including phenoxy) is 1. The summed E-state index contributed by atoms with van der Waals surface area (Å²) in [7, 11) is 0. The summed E-state index contributed by atoms with van der Waals surface area (Å²) in [5.41, 5.74) is 3.82. The predicted molar refractivity (Wildman–Crippen MR) is 112 cm³/mol. The lowest BCUT2D eigenvalue weighted by Gasteiger charge is -2.26. The Morgan fingerprint density at radius 2 is 1.57 bits per heavy atom. The second-order valence-electron chi connectivity index (χ2n) is 7.78. The minimum absolute atomic E-state index is 0.111. The van der Waals surface area contributed by atoms with Gasteiger partial charge in [-0.1, -0.05) is 61.0 Å². The average Bonchev–Trinajstić information content (AvgIpc) is 3.16. The van der Waals surface area contributed by atoms with Gasteiger partial charge < -0.3 is 9.26 Å². The molecule has 30 heavy (non-hydrogen) atoms. The zero-order valence-corrected chi connectivity index (χ0v) is 17.3. The molecule has 0 aliphatic rings. The Kier molecular flexibility index (Phi) is 5.08. The molecule has 0 saturated heterocycles. The van der Waals surface area contributed by atoms with E-state index >= 15 is 0 Å². The summed E-state index contributed by atoms with van der Waals surface area (Å²) >= 11 is 0. The van der Waals surface area contributed by atoms with E-state index in [0.29, 0.717) is 17.1 Å². The lowest BCUT2D eigenvalue weighted by atomic mass is 9.78. The number of hydrogen-bond donors (Lipinski definition) is 0. The molecule has 0 N–H and O–H groups in total. The molecule has 0 amide bonds. The first-order valence-electron chi connectivity index (χ1n) is 9.65. The van der Waals surface area contributed by atoms with Gasteiger partial charge in [0.25, 0.3) is 11.8 Å². The van der Waals surface area contributed by atoms with E-state index in [2.05, 4.69) is 60.2 Å². The zero-order chi connectivity index (χ0) is 21.3. The van der Waals surface area contributed by atoms with Crippen molar-refractivity contribution in [3.8, 4) is 23.1 Å². The molecule has 6 heteroatoms. The van der Waals surface area contributed by atoms with Crippen LogP contribution in [0.4, 0.5) is 4.39 Å². The normalized spacial score (nSPS) is 11.5. The van der Waals surface area contributed by atoms with Crippen LogP contribution >= 0.6 is 0 Å². The van der Waals surface area contributed by atoms with Crippen LogP contribution in [0.2, 0.25) is 0 Å². The van der Waals surface area contributed by atoms with Crippen molar-refractivity contribution < 1.29 is 13.7 Å². The molecule has 0 fully saturated rings. The fourth-order valence-corrected chi connectivity index (χ4v) is 3.22. The largest absolute Gasteiger partial charge is 0.436 e. The highest BCUT2D eigenvalue weighted by Crippen LogP contribution is 2.33. The van der Waals surface area contributed by atoms with Crippen molar-refractivity contribution >= 4 is 0 Å². The third-order valence-corrected chi connectivity index (χ3v) is 5.15. The van der Waals surface area contributed by atoms with Crippen molar-refractivity contribution in [2.45, 2.75) is 33.1 Å². The van der Waals surface area contributed by atoms with Gasteiger partial charge in [0.05, 0.1) is 5.56 Å². The van der Waals surface area contributed by atoms with Gasteiger partial charge in [0.1, 0.15) is 5.75 Å². The van der Waals surface area contributed by atoms with E-state index < -0.39 is 5.82 Å². The highest BCUT2D eigenvalue weighted by atomic mass is 19.1. The molecule has 2 heterocycles. The molecule has 4 rings (SSSR count). The van der Waals surface area contributed by atoms with Crippen molar-refractivity contribution in [1.29, 1.82) is 0 Å². The number of benzene rings is 2. The minimum Gasteiger partial charge on any atom is -0.436 e. The fourth-order valence-electron chi connectivity index (χ4n) is 3.22. The van der Waals surface area contributed by atoms with Gasteiger partial charge in [0.2, 0.25) is 0 Å². The van der Waals surface area contributed by atoms with Crippen LogP contribution in [-0.4, -0.2) is 15.1 Å². The summed E-state index contributed by atoms with van der Waals surface area (Å²) < 4.78 is 25.2. The van der Waals surface area contributed by atoms with Gasteiger partial charge in [-0.15, -0.1) is 0 Å². The van der Waals surface area contributed by atoms with Gasteiger partial charge in [0, 0.05) is 11.6 Å². The smallest absolute Gasteiger partial charge is 0.259 e. The minimum atomic E-state index is -0.604. The Morgan fingerprint density at radius 3 is 2.13 bits per heavy atom. The number of halogens is 1. The number of nitrogens with zero attached hydrogens (tertiary/aromatic N) is 3. The molecule has 0 spiro atoms. The van der Waals surface area contributed by atoms with E-state index in [9.17, 15) is 4.39 Å². The maximum absolute atomic E-state index is 14.5. The topological polar surface area (TPSA) is 61.0 Å². The first-order chi connectivity index (χ1) is 14.3. The Morgan fingerprint density at radius 1 is 0.933 bits per heavy atom. The third-order valence-electron chi connectivity index (χ3n) is 5.15. The van der Waals surface area contributed by atoms with Crippen LogP contribution in [0.3, 0.4) is 0 Å². The molecule has 2 aromatic carbocycles. The van der Waals surface area contributed by atoms with Crippen LogP contribution in [0, 0.1) is 19.7 Å². The molecule has 0 unspecified atom stereocenters. The maximum Gasteiger partial charge on any atom is 0.259 e. The van der Waals surface area contributed by atoms with Crippen LogP contribution in [0.1, 0.15) is 36.4 Å². The molecule has 0 bridgehead atoms. The summed E-state index contributed by atoms with van der Waals surface area (Å²) in [6.07, 6.45) is 1.44. The van der Waals surface area contributed by atoms with Crippen molar-refractivity contribution in [2.75, 3.05) is 0 Å². The van der Waals surface area contributed by atoms with Crippen LogP contribution in [0.25, 0.3) is 11.5 Å². The molecule has 0 radical (unpaired) electrons. The number of aromatic nitrogens is 3. The molecular weight excluding hydrogens is 381 g/mol. The van der Waals surface area contributed by atoms with Crippen molar-refractivity contribution in [3.05, 3.63) is 89.1 Å². The average molecular weight is 403 g/mol. The number of pyridine rings is 1. The fraction of sp³-hybridized carbons (Fsp3) is 0.208. The standard InChI is InChI=1S/C24H22FN3O2/c1-15-5-7-18(8-6-15)24(3,4)19-9-11-20(12-10-19)29-23-21(25)13-17(14-26-23)22-27-16(2)28-30-22/h5-14H,1-4H3. The van der Waals surface area contributed by atoms with Crippen LogP contribution in [-0.2, 0) is 5.41 Å². The summed E-state index contributed by atoms with van der Waals surface area (Å²) in [6.45, 7) is 8.11. The maximum atomic E-state index is 14.5. The van der Waals surface area contributed by atoms with E-state index in [1.807, 2.05) is 24.3 Å². The lowest BCUT2D eigenvalue weighted by molar-refractivity contribution is 0.417. The highest BCUT2D eigenvalue weighted by molar-refractivity contribution is 5.52. The third kappa shape index (κ3) is 3.94. The van der Waals surface area contributed by atoms with E-state index in [1.165, 1.54) is 23.4 Å². The van der Waals surface area contributed by atoms with E-state index in [-0.39, 0.29) is 17.2 Å². The summed E-state index contributed by atoms with van der Waals surface area (Å²) in [5.74, 6) is 0.478. The number of aryl methyl sites for hydroxylation is 2. The quantitative estimate of drug-likeness (QED) is 0.409. The van der Waals surface area contributed by atoms with Crippen molar-refractivity contribution in [3.63, 3.8) is 0 Å². The lowest BCUT2D eigenvalue weighted by Crippen LogP contribution is -2.18. The van der Waals surface area contributed by atoms with E-state index in [1.54, 1.807) is 6.92 Å². The predicted octanol–water partition coefficient (Wildman–Crippen LogP) is 6.01.